The van der Waals surface area contributed by atoms with Crippen LogP contribution in [0.4, 0.5) is 5.69 Å². The number of rotatable bonds is 10. The van der Waals surface area contributed by atoms with Crippen LogP contribution in [0.5, 0.6) is 11.5 Å². The van der Waals surface area contributed by atoms with Gasteiger partial charge < -0.3 is 19.0 Å². The first kappa shape index (κ1) is 25.0. The van der Waals surface area contributed by atoms with Gasteiger partial charge in [0.1, 0.15) is 4.90 Å². The summed E-state index contributed by atoms with van der Waals surface area (Å²) in [6, 6.07) is 7.97. The highest BCUT2D eigenvalue weighted by Gasteiger charge is 2.23. The lowest BCUT2D eigenvalue weighted by molar-refractivity contribution is -0.385. The second-order valence-electron chi connectivity index (χ2n) is 6.27. The van der Waals surface area contributed by atoms with Crippen LogP contribution in [-0.4, -0.2) is 52.0 Å². The maximum atomic E-state index is 12.6. The number of hydrogen-bond donors (Lipinski definition) is 2. The Balaban J connectivity index is 2.16. The van der Waals surface area contributed by atoms with E-state index in [4.69, 9.17) is 25.9 Å². The number of benzene rings is 2. The average molecular weight is 483 g/mol. The predicted molar refractivity (Wildman–Crippen MR) is 122 cm³/mol. The monoisotopic (exact) mass is 482 g/mol. The van der Waals surface area contributed by atoms with Gasteiger partial charge in [-0.3, -0.25) is 15.5 Å². The molecule has 0 fully saturated rings. The van der Waals surface area contributed by atoms with Crippen molar-refractivity contribution in [1.29, 1.82) is 0 Å². The SMILES string of the molecule is COCCNC(=S)N/N=C/c1ccc(OS(=O)(=O)c2ccc(C)c([N+](=O)[O-])c2)c(OC)c1. The highest BCUT2D eigenvalue weighted by atomic mass is 32.2. The van der Waals surface area contributed by atoms with Gasteiger partial charge in [0.2, 0.25) is 0 Å². The third kappa shape index (κ3) is 6.87. The minimum Gasteiger partial charge on any atom is -0.493 e. The number of ether oxygens (including phenoxy) is 2. The molecule has 0 radical (unpaired) electrons. The fourth-order valence-corrected chi connectivity index (χ4v) is 3.53. The summed E-state index contributed by atoms with van der Waals surface area (Å²) < 4.78 is 40.5. The molecule has 13 heteroatoms. The molecule has 0 aliphatic rings. The molecule has 0 aliphatic carbocycles. The molecule has 32 heavy (non-hydrogen) atoms. The topological polar surface area (TPSA) is 141 Å². The summed E-state index contributed by atoms with van der Waals surface area (Å²) in [5.41, 5.74) is 3.21. The maximum absolute atomic E-state index is 12.6. The highest BCUT2D eigenvalue weighted by Crippen LogP contribution is 2.31. The Kier molecular flexibility index (Phi) is 8.87. The van der Waals surface area contributed by atoms with E-state index in [2.05, 4.69) is 15.8 Å². The van der Waals surface area contributed by atoms with Crippen LogP contribution in [0.25, 0.3) is 0 Å². The van der Waals surface area contributed by atoms with Gasteiger partial charge in [-0.1, -0.05) is 6.07 Å². The van der Waals surface area contributed by atoms with Gasteiger partial charge >= 0.3 is 10.1 Å². The zero-order valence-electron chi connectivity index (χ0n) is 17.5. The summed E-state index contributed by atoms with van der Waals surface area (Å²) in [7, 11) is -1.41. The van der Waals surface area contributed by atoms with E-state index in [1.807, 2.05) is 0 Å². The molecule has 11 nitrogen and oxygen atoms in total. The van der Waals surface area contributed by atoms with Gasteiger partial charge in [-0.25, -0.2) is 0 Å². The fraction of sp³-hybridized carbons (Fsp3) is 0.263. The second kappa shape index (κ2) is 11.4. The van der Waals surface area contributed by atoms with E-state index in [1.54, 1.807) is 13.2 Å². The number of nitrogens with zero attached hydrogens (tertiary/aromatic N) is 2. The molecule has 2 rings (SSSR count). The van der Waals surface area contributed by atoms with Crippen LogP contribution >= 0.6 is 12.2 Å². The lowest BCUT2D eigenvalue weighted by atomic mass is 10.2. The number of thiocarbonyl (C=S) groups is 1. The van der Waals surface area contributed by atoms with Crippen LogP contribution in [0.1, 0.15) is 11.1 Å². The summed E-state index contributed by atoms with van der Waals surface area (Å²) in [6.07, 6.45) is 1.45. The highest BCUT2D eigenvalue weighted by molar-refractivity contribution is 7.87. The second-order valence-corrected chi connectivity index (χ2v) is 8.23. The van der Waals surface area contributed by atoms with E-state index in [0.29, 0.717) is 29.4 Å². The molecule has 0 heterocycles. The Morgan fingerprint density at radius 2 is 1.97 bits per heavy atom. The zero-order chi connectivity index (χ0) is 23.7. The van der Waals surface area contributed by atoms with Crippen molar-refractivity contribution in [1.82, 2.24) is 10.7 Å². The molecule has 2 aromatic carbocycles. The van der Waals surface area contributed by atoms with Gasteiger partial charge in [0.25, 0.3) is 5.69 Å². The Morgan fingerprint density at radius 3 is 2.62 bits per heavy atom. The quantitative estimate of drug-likeness (QED) is 0.129. The smallest absolute Gasteiger partial charge is 0.339 e. The maximum Gasteiger partial charge on any atom is 0.339 e. The molecule has 0 unspecified atom stereocenters. The number of hydrogen-bond acceptors (Lipinski definition) is 9. The van der Waals surface area contributed by atoms with Gasteiger partial charge in [0.15, 0.2) is 16.6 Å². The molecule has 0 atom stereocenters. The summed E-state index contributed by atoms with van der Waals surface area (Å²) in [5.74, 6) is 0.0394. The van der Waals surface area contributed by atoms with Gasteiger partial charge in [0.05, 0.1) is 24.9 Å². The third-order valence-corrected chi connectivity index (χ3v) is 5.49. The van der Waals surface area contributed by atoms with Crippen LogP contribution in [-0.2, 0) is 14.9 Å². The Hall–Kier alpha value is -3.29. The van der Waals surface area contributed by atoms with E-state index in [9.17, 15) is 18.5 Å². The molecule has 0 aromatic heterocycles. The van der Waals surface area contributed by atoms with Gasteiger partial charge in [-0.2, -0.15) is 13.5 Å². The standard InChI is InChI=1S/C19H22N4O7S2/c1-13-4-6-15(11-16(13)23(24)25)32(26,27)30-17-7-5-14(10-18(17)29-3)12-21-22-19(31)20-8-9-28-2/h4-7,10-12H,8-9H2,1-3H3,(H2,20,22,31)/b21-12+. The molecule has 0 saturated heterocycles. The summed E-state index contributed by atoms with van der Waals surface area (Å²) in [5, 5.41) is 18.3. The van der Waals surface area contributed by atoms with Crippen LogP contribution in [0, 0.1) is 17.0 Å². The number of methoxy groups -OCH3 is 2. The first-order valence-corrected chi connectivity index (χ1v) is 10.9. The fourth-order valence-electron chi connectivity index (χ4n) is 2.41. The van der Waals surface area contributed by atoms with Crippen LogP contribution in [0.2, 0.25) is 0 Å². The first-order valence-electron chi connectivity index (χ1n) is 9.11. The van der Waals surface area contributed by atoms with Crippen LogP contribution in [0.15, 0.2) is 46.4 Å². The molecule has 2 N–H and O–H groups in total. The lowest BCUT2D eigenvalue weighted by Gasteiger charge is -2.11. The van der Waals surface area contributed by atoms with Crippen LogP contribution in [0.3, 0.4) is 0 Å². The minimum atomic E-state index is -4.34. The van der Waals surface area contributed by atoms with E-state index in [0.717, 1.165) is 6.07 Å². The lowest BCUT2D eigenvalue weighted by Crippen LogP contribution is -2.34. The Bertz CT molecular complexity index is 1120. The van der Waals surface area contributed by atoms with Crippen molar-refractivity contribution < 1.29 is 27.0 Å². The zero-order valence-corrected chi connectivity index (χ0v) is 19.2. The number of nitro benzene ring substituents is 1. The molecule has 0 aliphatic heterocycles. The molecular weight excluding hydrogens is 460 g/mol. The van der Waals surface area contributed by atoms with Gasteiger partial charge in [0, 0.05) is 25.3 Å². The van der Waals surface area contributed by atoms with Crippen molar-refractivity contribution in [3.8, 4) is 11.5 Å². The van der Waals surface area contributed by atoms with E-state index >= 15 is 0 Å². The molecule has 0 bridgehead atoms. The summed E-state index contributed by atoms with van der Waals surface area (Å²) in [4.78, 5) is 10.1. The number of nitrogens with one attached hydrogen (secondary N) is 2. The van der Waals surface area contributed by atoms with Crippen LogP contribution < -0.4 is 19.7 Å². The van der Waals surface area contributed by atoms with E-state index in [-0.39, 0.29) is 22.1 Å². The minimum absolute atomic E-state index is 0.0856. The van der Waals surface area contributed by atoms with Crippen molar-refractivity contribution in [3.05, 3.63) is 57.6 Å². The third-order valence-electron chi connectivity index (χ3n) is 4.02. The molecule has 172 valence electrons. The molecule has 0 saturated carbocycles. The Morgan fingerprint density at radius 1 is 1.22 bits per heavy atom. The van der Waals surface area contributed by atoms with E-state index < -0.39 is 15.0 Å². The number of nitro groups is 1. The summed E-state index contributed by atoms with van der Waals surface area (Å²) >= 11 is 5.05. The Labute approximate surface area is 190 Å². The molecule has 0 amide bonds. The van der Waals surface area contributed by atoms with Crippen molar-refractivity contribution in [3.63, 3.8) is 0 Å². The van der Waals surface area contributed by atoms with Crippen molar-refractivity contribution >= 4 is 39.4 Å². The van der Waals surface area contributed by atoms with Gasteiger partial charge in [-0.05, 0) is 49.0 Å². The summed E-state index contributed by atoms with van der Waals surface area (Å²) in [6.45, 7) is 2.52. The molecule has 0 spiro atoms. The first-order chi connectivity index (χ1) is 15.2. The van der Waals surface area contributed by atoms with E-state index in [1.165, 1.54) is 44.5 Å². The van der Waals surface area contributed by atoms with Crippen molar-refractivity contribution in [2.24, 2.45) is 5.10 Å². The van der Waals surface area contributed by atoms with Crippen molar-refractivity contribution in [2.45, 2.75) is 11.8 Å². The average Bonchev–Trinajstić information content (AvgIpc) is 2.74. The van der Waals surface area contributed by atoms with Gasteiger partial charge in [-0.15, -0.1) is 0 Å². The van der Waals surface area contributed by atoms with Crippen molar-refractivity contribution in [2.75, 3.05) is 27.4 Å². The largest absolute Gasteiger partial charge is 0.493 e. The molecule has 2 aromatic rings. The number of aryl methyl sites for hydroxylation is 1. The molecular formula is C19H22N4O7S2. The number of hydrazone groups is 1. The predicted octanol–water partition coefficient (Wildman–Crippen LogP) is 2.12. The normalized spacial score (nSPS) is 11.2.